The Balaban J connectivity index is 1.81. The van der Waals surface area contributed by atoms with Crippen LogP contribution in [-0.2, 0) is 20.8 Å². The summed E-state index contributed by atoms with van der Waals surface area (Å²) < 4.78 is 0. The molecule has 0 aromatic heterocycles. The molecule has 2 amide bonds. The number of para-hydroxylation sites is 2. The Morgan fingerprint density at radius 2 is 1.67 bits per heavy atom. The zero-order valence-corrected chi connectivity index (χ0v) is 15.2. The molecule has 1 N–H and O–H groups in total. The molecule has 1 heterocycles. The van der Waals surface area contributed by atoms with Crippen molar-refractivity contribution in [1.82, 2.24) is 0 Å². The molecule has 0 spiro atoms. The van der Waals surface area contributed by atoms with E-state index in [9.17, 15) is 14.4 Å². The van der Waals surface area contributed by atoms with Gasteiger partial charge in [0.2, 0.25) is 11.8 Å². The highest BCUT2D eigenvalue weighted by atomic mass is 16.4. The molecule has 0 radical (unpaired) electrons. The van der Waals surface area contributed by atoms with Crippen LogP contribution in [0.2, 0.25) is 0 Å². The van der Waals surface area contributed by atoms with Gasteiger partial charge in [-0.3, -0.25) is 14.4 Å². The topological polar surface area (TPSA) is 77.9 Å². The van der Waals surface area contributed by atoms with Crippen LogP contribution in [0, 0.1) is 0 Å². The van der Waals surface area contributed by atoms with Gasteiger partial charge in [0, 0.05) is 12.5 Å². The van der Waals surface area contributed by atoms with Crippen LogP contribution in [-0.4, -0.2) is 35.5 Å². The number of carbonyl (C=O) groups is 3. The minimum atomic E-state index is -0.964. The number of carbonyl (C=O) groups excluding carboxylic acids is 2. The zero-order chi connectivity index (χ0) is 19.4. The zero-order valence-electron chi connectivity index (χ0n) is 15.2. The average Bonchev–Trinajstić information content (AvgIpc) is 2.65. The summed E-state index contributed by atoms with van der Waals surface area (Å²) in [5, 5.41) is 9.06. The van der Waals surface area contributed by atoms with Crippen molar-refractivity contribution in [2.45, 2.75) is 32.2 Å². The summed E-state index contributed by atoms with van der Waals surface area (Å²) in [6.45, 7) is 1.63. The third kappa shape index (κ3) is 4.16. The van der Waals surface area contributed by atoms with Gasteiger partial charge in [-0.2, -0.15) is 0 Å². The third-order valence-corrected chi connectivity index (χ3v) is 4.68. The fraction of sp³-hybridized carbons (Fsp3) is 0.286. The second kappa shape index (κ2) is 8.03. The van der Waals surface area contributed by atoms with Crippen molar-refractivity contribution in [2.75, 3.05) is 16.3 Å². The van der Waals surface area contributed by atoms with E-state index in [4.69, 9.17) is 5.11 Å². The van der Waals surface area contributed by atoms with Crippen LogP contribution in [0.25, 0.3) is 0 Å². The molecule has 1 atom stereocenters. The lowest BCUT2D eigenvalue weighted by atomic mass is 10.1. The Labute approximate surface area is 158 Å². The van der Waals surface area contributed by atoms with Crippen molar-refractivity contribution in [1.29, 1.82) is 0 Å². The molecule has 1 aliphatic rings. The van der Waals surface area contributed by atoms with Gasteiger partial charge >= 0.3 is 5.97 Å². The van der Waals surface area contributed by atoms with Crippen molar-refractivity contribution in [3.63, 3.8) is 0 Å². The lowest BCUT2D eigenvalue weighted by Crippen LogP contribution is -2.51. The van der Waals surface area contributed by atoms with Gasteiger partial charge in [-0.25, -0.2) is 0 Å². The number of amides is 2. The van der Waals surface area contributed by atoms with Crippen LogP contribution in [0.5, 0.6) is 0 Å². The van der Waals surface area contributed by atoms with Crippen molar-refractivity contribution in [3.05, 3.63) is 60.2 Å². The smallest absolute Gasteiger partial charge is 0.305 e. The number of anilines is 2. The lowest BCUT2D eigenvalue weighted by molar-refractivity contribution is -0.137. The summed E-state index contributed by atoms with van der Waals surface area (Å²) >= 11 is 0. The monoisotopic (exact) mass is 366 g/mol. The molecule has 3 rings (SSSR count). The number of aliphatic carboxylic acids is 1. The van der Waals surface area contributed by atoms with E-state index in [1.54, 1.807) is 25.1 Å². The predicted octanol–water partition coefficient (Wildman–Crippen LogP) is 2.86. The average molecular weight is 366 g/mol. The molecule has 140 valence electrons. The first kappa shape index (κ1) is 18.6. The molecule has 2 aromatic carbocycles. The Bertz CT molecular complexity index is 850. The highest BCUT2D eigenvalue weighted by Gasteiger charge is 2.35. The van der Waals surface area contributed by atoms with Gasteiger partial charge in [0.15, 0.2) is 0 Å². The minimum Gasteiger partial charge on any atom is -0.481 e. The molecule has 0 bridgehead atoms. The van der Waals surface area contributed by atoms with Gasteiger partial charge in [-0.05, 0) is 31.0 Å². The molecule has 1 unspecified atom stereocenters. The van der Waals surface area contributed by atoms with E-state index in [1.807, 2.05) is 36.4 Å². The highest BCUT2D eigenvalue weighted by molar-refractivity contribution is 6.11. The first-order chi connectivity index (χ1) is 13.0. The number of benzene rings is 2. The quantitative estimate of drug-likeness (QED) is 0.853. The number of carboxylic acid groups (broad SMARTS) is 1. The second-order valence-corrected chi connectivity index (χ2v) is 6.66. The van der Waals surface area contributed by atoms with Crippen molar-refractivity contribution >= 4 is 29.2 Å². The van der Waals surface area contributed by atoms with Crippen molar-refractivity contribution in [2.24, 2.45) is 0 Å². The molecular formula is C21H22N2O4. The normalized spacial score (nSPS) is 14.6. The Morgan fingerprint density at radius 3 is 2.33 bits per heavy atom. The van der Waals surface area contributed by atoms with Crippen LogP contribution in [0.1, 0.15) is 25.3 Å². The number of rotatable bonds is 6. The first-order valence-electron chi connectivity index (χ1n) is 8.94. The number of carboxylic acids is 1. The lowest BCUT2D eigenvalue weighted by Gasteiger charge is -2.39. The standard InChI is InChI=1S/C21H22N2O4/c1-15(13-21(26)27)23-18-10-6-5-9-17(18)22(14-20(23)25)19(24)12-11-16-7-3-2-4-8-16/h2-10,15H,11-14H2,1H3,(H,26,27). The predicted molar refractivity (Wildman–Crippen MR) is 103 cm³/mol. The number of hydrogen-bond acceptors (Lipinski definition) is 3. The summed E-state index contributed by atoms with van der Waals surface area (Å²) in [6, 6.07) is 16.4. The summed E-state index contributed by atoms with van der Waals surface area (Å²) in [4.78, 5) is 39.6. The number of hydrogen-bond donors (Lipinski definition) is 1. The van der Waals surface area contributed by atoms with E-state index in [0.29, 0.717) is 24.2 Å². The van der Waals surface area contributed by atoms with Crippen LogP contribution in [0.4, 0.5) is 11.4 Å². The van der Waals surface area contributed by atoms with E-state index in [2.05, 4.69) is 0 Å². The molecule has 0 saturated carbocycles. The minimum absolute atomic E-state index is 0.0748. The third-order valence-electron chi connectivity index (χ3n) is 4.68. The summed E-state index contributed by atoms with van der Waals surface area (Å²) in [7, 11) is 0. The molecule has 1 aliphatic heterocycles. The molecule has 0 fully saturated rings. The van der Waals surface area contributed by atoms with Gasteiger partial charge in [-0.1, -0.05) is 42.5 Å². The summed E-state index contributed by atoms with van der Waals surface area (Å²) in [5.74, 6) is -1.35. The maximum atomic E-state index is 12.8. The van der Waals surface area contributed by atoms with Crippen LogP contribution < -0.4 is 9.80 Å². The number of nitrogens with zero attached hydrogens (tertiary/aromatic N) is 2. The van der Waals surface area contributed by atoms with Gasteiger partial charge in [0.05, 0.1) is 17.8 Å². The van der Waals surface area contributed by atoms with Crippen LogP contribution >= 0.6 is 0 Å². The van der Waals surface area contributed by atoms with E-state index in [1.165, 1.54) is 9.80 Å². The molecule has 27 heavy (non-hydrogen) atoms. The van der Waals surface area contributed by atoms with Crippen molar-refractivity contribution in [3.8, 4) is 0 Å². The summed E-state index contributed by atoms with van der Waals surface area (Å²) in [6.07, 6.45) is 0.754. The highest BCUT2D eigenvalue weighted by Crippen LogP contribution is 2.35. The van der Waals surface area contributed by atoms with E-state index in [0.717, 1.165) is 5.56 Å². The molecule has 0 saturated heterocycles. The van der Waals surface area contributed by atoms with Crippen LogP contribution in [0.15, 0.2) is 54.6 Å². The Kier molecular flexibility index (Phi) is 5.54. The van der Waals surface area contributed by atoms with E-state index in [-0.39, 0.29) is 24.8 Å². The van der Waals surface area contributed by atoms with Gasteiger partial charge < -0.3 is 14.9 Å². The first-order valence-corrected chi connectivity index (χ1v) is 8.94. The number of aryl methyl sites for hydroxylation is 1. The van der Waals surface area contributed by atoms with E-state index < -0.39 is 12.0 Å². The number of fused-ring (bicyclic) bond motifs is 1. The molecule has 6 heteroatoms. The van der Waals surface area contributed by atoms with Crippen molar-refractivity contribution < 1.29 is 19.5 Å². The van der Waals surface area contributed by atoms with Crippen LogP contribution in [0.3, 0.4) is 0 Å². The van der Waals surface area contributed by atoms with Gasteiger partial charge in [0.25, 0.3) is 0 Å². The van der Waals surface area contributed by atoms with E-state index >= 15 is 0 Å². The molecule has 0 aliphatic carbocycles. The molecule has 2 aromatic rings. The fourth-order valence-electron chi connectivity index (χ4n) is 3.41. The van der Waals surface area contributed by atoms with Gasteiger partial charge in [0.1, 0.15) is 6.54 Å². The SMILES string of the molecule is CC(CC(=O)O)N1C(=O)CN(C(=O)CCc2ccccc2)c2ccccc21. The maximum absolute atomic E-state index is 12.8. The Hall–Kier alpha value is -3.15. The Morgan fingerprint density at radius 1 is 1.04 bits per heavy atom. The molecule has 6 nitrogen and oxygen atoms in total. The summed E-state index contributed by atoms with van der Waals surface area (Å²) in [5.41, 5.74) is 2.29. The second-order valence-electron chi connectivity index (χ2n) is 6.66. The largest absolute Gasteiger partial charge is 0.481 e. The van der Waals surface area contributed by atoms with Gasteiger partial charge in [-0.15, -0.1) is 0 Å². The fourth-order valence-corrected chi connectivity index (χ4v) is 3.41. The molecular weight excluding hydrogens is 344 g/mol. The maximum Gasteiger partial charge on any atom is 0.305 e.